The zero-order valence-corrected chi connectivity index (χ0v) is 16.6. The Balaban J connectivity index is 1.50. The van der Waals surface area contributed by atoms with Gasteiger partial charge in [0.25, 0.3) is 5.56 Å². The number of nitrogens with one attached hydrogen (secondary N) is 1. The number of alkyl halides is 3. The van der Waals surface area contributed by atoms with Crippen molar-refractivity contribution in [2.24, 2.45) is 5.92 Å². The van der Waals surface area contributed by atoms with E-state index in [4.69, 9.17) is 0 Å². The van der Waals surface area contributed by atoms with Crippen LogP contribution in [0.3, 0.4) is 0 Å². The Kier molecular flexibility index (Phi) is 5.66. The molecular weight excluding hydrogens is 395 g/mol. The van der Waals surface area contributed by atoms with Crippen LogP contribution in [0.25, 0.3) is 11.4 Å². The second-order valence-corrected chi connectivity index (χ2v) is 8.17. The average Bonchev–Trinajstić information content (AvgIpc) is 3.25. The molecule has 2 aliphatic rings. The number of hydrogen-bond acceptors (Lipinski definition) is 3. The molecule has 2 aromatic rings. The highest BCUT2D eigenvalue weighted by Crippen LogP contribution is 2.32. The second kappa shape index (κ2) is 8.24. The van der Waals surface area contributed by atoms with Crippen molar-refractivity contribution in [1.82, 2.24) is 14.9 Å². The van der Waals surface area contributed by atoms with Gasteiger partial charge < -0.3 is 9.88 Å². The maximum atomic E-state index is 13.0. The summed E-state index contributed by atoms with van der Waals surface area (Å²) in [5.41, 5.74) is -0.0166. The summed E-state index contributed by atoms with van der Waals surface area (Å²) in [6.45, 7) is 0.666. The van der Waals surface area contributed by atoms with Crippen LogP contribution < -0.4 is 5.56 Å². The van der Waals surface area contributed by atoms with Gasteiger partial charge in [-0.05, 0) is 24.5 Å². The van der Waals surface area contributed by atoms with Gasteiger partial charge in [-0.1, -0.05) is 37.8 Å². The highest BCUT2D eigenvalue weighted by Gasteiger charge is 2.31. The molecule has 1 aliphatic heterocycles. The van der Waals surface area contributed by atoms with Gasteiger partial charge in [-0.25, -0.2) is 4.98 Å². The lowest BCUT2D eigenvalue weighted by atomic mass is 10.0. The molecule has 1 aliphatic carbocycles. The van der Waals surface area contributed by atoms with Crippen LogP contribution in [-0.2, 0) is 23.9 Å². The molecule has 0 spiro atoms. The predicted molar refractivity (Wildman–Crippen MR) is 106 cm³/mol. The fraction of sp³-hybridized carbons (Fsp3) is 0.500. The van der Waals surface area contributed by atoms with Crippen LogP contribution in [0.4, 0.5) is 13.2 Å². The molecule has 8 heteroatoms. The summed E-state index contributed by atoms with van der Waals surface area (Å²) in [6.07, 6.45) is 2.20. The number of aromatic nitrogens is 2. The normalized spacial score (nSPS) is 17.2. The maximum Gasteiger partial charge on any atom is 0.416 e. The molecular formula is C22H24F3N3O2. The molecule has 160 valence electrons. The van der Waals surface area contributed by atoms with Gasteiger partial charge in [0.1, 0.15) is 5.82 Å². The molecule has 0 bridgehead atoms. The van der Waals surface area contributed by atoms with Crippen molar-refractivity contribution in [3.05, 3.63) is 51.4 Å². The summed E-state index contributed by atoms with van der Waals surface area (Å²) in [7, 11) is 0. The number of benzene rings is 1. The maximum absolute atomic E-state index is 13.0. The molecule has 1 fully saturated rings. The van der Waals surface area contributed by atoms with E-state index in [2.05, 4.69) is 9.97 Å². The first-order valence-corrected chi connectivity index (χ1v) is 10.4. The lowest BCUT2D eigenvalue weighted by Gasteiger charge is -2.28. The van der Waals surface area contributed by atoms with Crippen molar-refractivity contribution in [2.45, 2.75) is 57.7 Å². The van der Waals surface area contributed by atoms with Crippen LogP contribution in [0.15, 0.2) is 29.1 Å². The summed E-state index contributed by atoms with van der Waals surface area (Å²) in [4.78, 5) is 33.9. The SMILES string of the molecule is O=C(CCC1CCCC1)N1CCc2nc(-c3cccc(C(F)(F)F)c3)[nH]c(=O)c2C1. The van der Waals surface area contributed by atoms with E-state index in [1.807, 2.05) is 0 Å². The molecule has 1 aromatic carbocycles. The Bertz CT molecular complexity index is 994. The Morgan fingerprint density at radius 3 is 2.73 bits per heavy atom. The third kappa shape index (κ3) is 4.42. The predicted octanol–water partition coefficient (Wildman–Crippen LogP) is 4.31. The summed E-state index contributed by atoms with van der Waals surface area (Å²) in [6, 6.07) is 4.74. The molecule has 1 amide bonds. The van der Waals surface area contributed by atoms with E-state index in [-0.39, 0.29) is 23.8 Å². The molecule has 1 N–H and O–H groups in total. The van der Waals surface area contributed by atoms with E-state index in [9.17, 15) is 22.8 Å². The van der Waals surface area contributed by atoms with E-state index in [0.717, 1.165) is 18.6 Å². The van der Waals surface area contributed by atoms with Crippen molar-refractivity contribution in [3.63, 3.8) is 0 Å². The summed E-state index contributed by atoms with van der Waals surface area (Å²) in [5, 5.41) is 0. The van der Waals surface area contributed by atoms with Gasteiger partial charge in [0.2, 0.25) is 5.91 Å². The zero-order valence-electron chi connectivity index (χ0n) is 16.6. The Labute approximate surface area is 172 Å². The van der Waals surface area contributed by atoms with Crippen molar-refractivity contribution < 1.29 is 18.0 Å². The number of H-pyrrole nitrogens is 1. The minimum atomic E-state index is -4.47. The third-order valence-electron chi connectivity index (χ3n) is 6.13. The van der Waals surface area contributed by atoms with Crippen LogP contribution in [0.1, 0.15) is 55.3 Å². The lowest BCUT2D eigenvalue weighted by molar-refractivity contribution is -0.137. The molecule has 1 aromatic heterocycles. The van der Waals surface area contributed by atoms with Gasteiger partial charge in [-0.2, -0.15) is 13.2 Å². The Morgan fingerprint density at radius 1 is 1.23 bits per heavy atom. The fourth-order valence-electron chi connectivity index (χ4n) is 4.40. The van der Waals surface area contributed by atoms with Crippen molar-refractivity contribution in [1.29, 1.82) is 0 Å². The Hall–Kier alpha value is -2.64. The van der Waals surface area contributed by atoms with Gasteiger partial charge in [0.05, 0.1) is 23.4 Å². The highest BCUT2D eigenvalue weighted by molar-refractivity contribution is 5.76. The molecule has 0 saturated heterocycles. The van der Waals surface area contributed by atoms with E-state index in [1.165, 1.54) is 37.8 Å². The van der Waals surface area contributed by atoms with E-state index in [0.29, 0.717) is 36.6 Å². The van der Waals surface area contributed by atoms with Crippen LogP contribution >= 0.6 is 0 Å². The van der Waals surface area contributed by atoms with Gasteiger partial charge in [0, 0.05) is 24.9 Å². The number of carbonyl (C=O) groups is 1. The van der Waals surface area contributed by atoms with E-state index in [1.54, 1.807) is 4.90 Å². The minimum Gasteiger partial charge on any atom is -0.338 e. The number of halogens is 3. The number of hydrogen-bond donors (Lipinski definition) is 1. The first-order valence-electron chi connectivity index (χ1n) is 10.4. The lowest BCUT2D eigenvalue weighted by Crippen LogP contribution is -2.39. The summed E-state index contributed by atoms with van der Waals surface area (Å²) < 4.78 is 39.0. The second-order valence-electron chi connectivity index (χ2n) is 8.17. The largest absolute Gasteiger partial charge is 0.416 e. The standard InChI is InChI=1S/C22H24F3N3O2/c23-22(24,25)16-7-3-6-15(12-16)20-26-18-10-11-28(13-17(18)21(30)27-20)19(29)9-8-14-4-1-2-5-14/h3,6-7,12,14H,1-2,4-5,8-11,13H2,(H,26,27,30). The molecule has 5 nitrogen and oxygen atoms in total. The molecule has 4 rings (SSSR count). The van der Waals surface area contributed by atoms with Crippen LogP contribution in [-0.4, -0.2) is 27.3 Å². The van der Waals surface area contributed by atoms with Gasteiger partial charge in [0.15, 0.2) is 0 Å². The van der Waals surface area contributed by atoms with Crippen LogP contribution in [0.2, 0.25) is 0 Å². The van der Waals surface area contributed by atoms with Crippen molar-refractivity contribution in [2.75, 3.05) is 6.54 Å². The minimum absolute atomic E-state index is 0.0499. The Morgan fingerprint density at radius 2 is 2.00 bits per heavy atom. The monoisotopic (exact) mass is 419 g/mol. The third-order valence-corrected chi connectivity index (χ3v) is 6.13. The van der Waals surface area contributed by atoms with E-state index >= 15 is 0 Å². The zero-order chi connectivity index (χ0) is 21.3. The van der Waals surface area contributed by atoms with Crippen molar-refractivity contribution in [3.8, 4) is 11.4 Å². The van der Waals surface area contributed by atoms with Crippen molar-refractivity contribution >= 4 is 5.91 Å². The first-order chi connectivity index (χ1) is 14.3. The summed E-state index contributed by atoms with van der Waals surface area (Å²) >= 11 is 0. The topological polar surface area (TPSA) is 66.1 Å². The quantitative estimate of drug-likeness (QED) is 0.803. The molecule has 0 unspecified atom stereocenters. The number of carbonyl (C=O) groups excluding carboxylic acids is 1. The number of nitrogens with zero attached hydrogens (tertiary/aromatic N) is 2. The van der Waals surface area contributed by atoms with Gasteiger partial charge in [-0.3, -0.25) is 9.59 Å². The van der Waals surface area contributed by atoms with Crippen LogP contribution in [0, 0.1) is 5.92 Å². The van der Waals surface area contributed by atoms with Gasteiger partial charge >= 0.3 is 6.18 Å². The summed E-state index contributed by atoms with van der Waals surface area (Å²) in [5.74, 6) is 0.797. The number of amides is 1. The van der Waals surface area contributed by atoms with Crippen LogP contribution in [0.5, 0.6) is 0 Å². The molecule has 1 saturated carbocycles. The first kappa shape index (κ1) is 20.6. The molecule has 2 heterocycles. The number of rotatable bonds is 4. The highest BCUT2D eigenvalue weighted by atomic mass is 19.4. The van der Waals surface area contributed by atoms with Gasteiger partial charge in [-0.15, -0.1) is 0 Å². The number of fused-ring (bicyclic) bond motifs is 1. The fourth-order valence-corrected chi connectivity index (χ4v) is 4.40. The molecule has 30 heavy (non-hydrogen) atoms. The smallest absolute Gasteiger partial charge is 0.338 e. The molecule has 0 atom stereocenters. The number of aromatic amines is 1. The molecule has 0 radical (unpaired) electrons. The van der Waals surface area contributed by atoms with E-state index < -0.39 is 17.3 Å². The average molecular weight is 419 g/mol.